The van der Waals surface area contributed by atoms with Crippen molar-refractivity contribution in [2.75, 3.05) is 32.8 Å². The van der Waals surface area contributed by atoms with E-state index in [1.54, 1.807) is 43.0 Å². The summed E-state index contributed by atoms with van der Waals surface area (Å²) in [5, 5.41) is 3.09. The number of carbonyl (C=O) groups excluding carboxylic acids is 2. The van der Waals surface area contributed by atoms with Crippen LogP contribution >= 0.6 is 11.8 Å². The molecule has 1 aliphatic rings. The Labute approximate surface area is 217 Å². The molecule has 0 bridgehead atoms. The third kappa shape index (κ3) is 4.80. The topological polar surface area (TPSA) is 67.9 Å². The van der Waals surface area contributed by atoms with Gasteiger partial charge in [-0.15, -0.1) is 11.8 Å². The molecule has 6 nitrogen and oxygen atoms in total. The van der Waals surface area contributed by atoms with Crippen LogP contribution in [-0.4, -0.2) is 44.2 Å². The SMILES string of the molecule is COc1cc2c(cc1OC)[C@@H](C(=O)Nc1ccc(C(C)C)cc1)[C@H](c1ccc(SC)cc1)N(C)C2=O. The van der Waals surface area contributed by atoms with Crippen molar-refractivity contribution in [3.8, 4) is 11.5 Å². The maximum Gasteiger partial charge on any atom is 0.254 e. The zero-order valence-corrected chi connectivity index (χ0v) is 22.3. The molecule has 0 radical (unpaired) electrons. The van der Waals surface area contributed by atoms with Crippen molar-refractivity contribution < 1.29 is 19.1 Å². The Kier molecular flexibility index (Phi) is 7.59. The minimum atomic E-state index is -0.660. The summed E-state index contributed by atoms with van der Waals surface area (Å²) < 4.78 is 11.0. The quantitative estimate of drug-likeness (QED) is 0.394. The number of nitrogens with one attached hydrogen (secondary N) is 1. The molecule has 0 saturated carbocycles. The largest absolute Gasteiger partial charge is 0.493 e. The van der Waals surface area contributed by atoms with Gasteiger partial charge in [0.1, 0.15) is 0 Å². The summed E-state index contributed by atoms with van der Waals surface area (Å²) in [5.74, 6) is 0.297. The maximum absolute atomic E-state index is 13.9. The predicted octanol–water partition coefficient (Wildman–Crippen LogP) is 6.10. The van der Waals surface area contributed by atoms with Crippen molar-refractivity contribution in [3.63, 3.8) is 0 Å². The number of amides is 2. The van der Waals surface area contributed by atoms with Crippen LogP contribution in [0.2, 0.25) is 0 Å². The summed E-state index contributed by atoms with van der Waals surface area (Å²) in [6.45, 7) is 4.27. The molecule has 0 aliphatic carbocycles. The number of hydrogen-bond donors (Lipinski definition) is 1. The Hall–Kier alpha value is -3.45. The molecule has 3 aromatic carbocycles. The fourth-order valence-electron chi connectivity index (χ4n) is 4.72. The third-order valence-corrected chi connectivity index (χ3v) is 7.50. The number of benzene rings is 3. The van der Waals surface area contributed by atoms with Gasteiger partial charge in [-0.2, -0.15) is 0 Å². The van der Waals surface area contributed by atoms with Crippen LogP contribution in [0, 0.1) is 0 Å². The van der Waals surface area contributed by atoms with Crippen LogP contribution < -0.4 is 14.8 Å². The zero-order valence-electron chi connectivity index (χ0n) is 21.5. The van der Waals surface area contributed by atoms with Gasteiger partial charge in [0.25, 0.3) is 5.91 Å². The van der Waals surface area contributed by atoms with E-state index in [4.69, 9.17) is 9.47 Å². The number of ether oxygens (including phenoxy) is 2. The van der Waals surface area contributed by atoms with Crippen LogP contribution in [0.1, 0.15) is 58.8 Å². The van der Waals surface area contributed by atoms with E-state index in [-0.39, 0.29) is 11.8 Å². The molecule has 0 aromatic heterocycles. The van der Waals surface area contributed by atoms with Crippen LogP contribution in [0.5, 0.6) is 11.5 Å². The van der Waals surface area contributed by atoms with E-state index in [1.807, 2.05) is 54.8 Å². The molecule has 4 rings (SSSR count). The van der Waals surface area contributed by atoms with Crippen molar-refractivity contribution in [2.45, 2.75) is 36.6 Å². The number of hydrogen-bond acceptors (Lipinski definition) is 5. The van der Waals surface area contributed by atoms with E-state index in [2.05, 4.69) is 19.2 Å². The summed E-state index contributed by atoms with van der Waals surface area (Å²) in [7, 11) is 4.82. The van der Waals surface area contributed by atoms with Crippen molar-refractivity contribution in [2.24, 2.45) is 0 Å². The highest BCUT2D eigenvalue weighted by Crippen LogP contribution is 2.46. The lowest BCUT2D eigenvalue weighted by atomic mass is 9.79. The highest BCUT2D eigenvalue weighted by atomic mass is 32.2. The van der Waals surface area contributed by atoms with E-state index in [9.17, 15) is 9.59 Å². The van der Waals surface area contributed by atoms with Gasteiger partial charge in [-0.1, -0.05) is 38.1 Å². The van der Waals surface area contributed by atoms with Crippen molar-refractivity contribution in [1.29, 1.82) is 0 Å². The predicted molar refractivity (Wildman–Crippen MR) is 145 cm³/mol. The molecular formula is C29H32N2O4S. The second-order valence-corrected chi connectivity index (χ2v) is 10.1. The number of anilines is 1. The Morgan fingerprint density at radius 3 is 2.14 bits per heavy atom. The standard InChI is InChI=1S/C29H32N2O4S/c1-17(2)18-7-11-20(12-8-18)30-28(32)26-22-15-24(34-4)25(35-5)16-23(22)29(33)31(3)27(26)19-9-13-21(36-6)14-10-19/h7-17,26-27H,1-6H3,(H,30,32)/t26-,27+/m1/s1. The van der Waals surface area contributed by atoms with Crippen LogP contribution in [0.4, 0.5) is 5.69 Å². The van der Waals surface area contributed by atoms with Crippen LogP contribution in [0.15, 0.2) is 65.6 Å². The first-order valence-corrected chi connectivity index (χ1v) is 13.1. The first kappa shape index (κ1) is 25.6. The Morgan fingerprint density at radius 2 is 1.58 bits per heavy atom. The molecule has 2 atom stereocenters. The van der Waals surface area contributed by atoms with Crippen molar-refractivity contribution >= 4 is 29.3 Å². The van der Waals surface area contributed by atoms with Crippen LogP contribution in [-0.2, 0) is 4.79 Å². The Morgan fingerprint density at radius 1 is 0.972 bits per heavy atom. The van der Waals surface area contributed by atoms with E-state index >= 15 is 0 Å². The average molecular weight is 505 g/mol. The number of likely N-dealkylation sites (N-methyl/N-ethyl adjacent to an activating group) is 1. The first-order valence-electron chi connectivity index (χ1n) is 11.9. The summed E-state index contributed by atoms with van der Waals surface area (Å²) in [6, 6.07) is 18.8. The number of carbonyl (C=O) groups is 2. The van der Waals surface area contributed by atoms with Crippen LogP contribution in [0.3, 0.4) is 0 Å². The second-order valence-electron chi connectivity index (χ2n) is 9.17. The minimum Gasteiger partial charge on any atom is -0.493 e. The molecule has 188 valence electrons. The normalized spacial score (nSPS) is 17.1. The van der Waals surface area contributed by atoms with Gasteiger partial charge in [0.05, 0.1) is 26.2 Å². The van der Waals surface area contributed by atoms with Gasteiger partial charge >= 0.3 is 0 Å². The van der Waals surface area contributed by atoms with Gasteiger partial charge in [0.15, 0.2) is 11.5 Å². The van der Waals surface area contributed by atoms with E-state index in [0.717, 1.165) is 10.5 Å². The molecule has 0 unspecified atom stereocenters. The average Bonchev–Trinajstić information content (AvgIpc) is 2.90. The van der Waals surface area contributed by atoms with Gasteiger partial charge in [-0.3, -0.25) is 9.59 Å². The van der Waals surface area contributed by atoms with Gasteiger partial charge in [0, 0.05) is 23.2 Å². The first-order chi connectivity index (χ1) is 17.3. The smallest absolute Gasteiger partial charge is 0.254 e. The third-order valence-electron chi connectivity index (χ3n) is 6.76. The van der Waals surface area contributed by atoms with Gasteiger partial charge in [0.2, 0.25) is 5.91 Å². The van der Waals surface area contributed by atoms with E-state index in [0.29, 0.717) is 34.2 Å². The number of fused-ring (bicyclic) bond motifs is 1. The lowest BCUT2D eigenvalue weighted by Gasteiger charge is -2.40. The lowest BCUT2D eigenvalue weighted by Crippen LogP contribution is -2.44. The molecule has 1 aliphatic heterocycles. The second kappa shape index (κ2) is 10.7. The van der Waals surface area contributed by atoms with Crippen molar-refractivity contribution in [1.82, 2.24) is 4.90 Å². The van der Waals surface area contributed by atoms with Gasteiger partial charge in [-0.05, 0) is 65.3 Å². The lowest BCUT2D eigenvalue weighted by molar-refractivity contribution is -0.119. The highest BCUT2D eigenvalue weighted by Gasteiger charge is 2.43. The minimum absolute atomic E-state index is 0.171. The van der Waals surface area contributed by atoms with Gasteiger partial charge in [-0.25, -0.2) is 0 Å². The molecule has 0 spiro atoms. The molecule has 1 heterocycles. The summed E-state index contributed by atoms with van der Waals surface area (Å²) >= 11 is 1.64. The molecule has 3 aromatic rings. The monoisotopic (exact) mass is 504 g/mol. The molecule has 7 heteroatoms. The number of rotatable bonds is 7. The van der Waals surface area contributed by atoms with Gasteiger partial charge < -0.3 is 19.7 Å². The van der Waals surface area contributed by atoms with E-state index < -0.39 is 12.0 Å². The summed E-state index contributed by atoms with van der Waals surface area (Å²) in [4.78, 5) is 30.2. The fraction of sp³-hybridized carbons (Fsp3) is 0.310. The Balaban J connectivity index is 1.82. The molecule has 0 saturated heterocycles. The molecule has 2 amide bonds. The number of nitrogens with zero attached hydrogens (tertiary/aromatic N) is 1. The highest BCUT2D eigenvalue weighted by molar-refractivity contribution is 7.98. The molecule has 0 fully saturated rings. The molecule has 1 N–H and O–H groups in total. The zero-order chi connectivity index (χ0) is 26.0. The number of thioether (sulfide) groups is 1. The maximum atomic E-state index is 13.9. The van der Waals surface area contributed by atoms with Crippen LogP contribution in [0.25, 0.3) is 0 Å². The summed E-state index contributed by atoms with van der Waals surface area (Å²) in [5.41, 5.74) is 3.85. The molecule has 36 heavy (non-hydrogen) atoms. The fourth-order valence-corrected chi connectivity index (χ4v) is 5.13. The summed E-state index contributed by atoms with van der Waals surface area (Å²) in [6.07, 6.45) is 2.02. The van der Waals surface area contributed by atoms with E-state index in [1.165, 1.54) is 12.7 Å². The number of methoxy groups -OCH3 is 2. The van der Waals surface area contributed by atoms with Crippen molar-refractivity contribution in [3.05, 3.63) is 82.9 Å². The Bertz CT molecular complexity index is 1260. The molecular weight excluding hydrogens is 472 g/mol.